The van der Waals surface area contributed by atoms with E-state index in [1.807, 2.05) is 12.2 Å². The van der Waals surface area contributed by atoms with Crippen LogP contribution in [0.5, 0.6) is 0 Å². The van der Waals surface area contributed by atoms with E-state index in [4.69, 9.17) is 14.2 Å². The van der Waals surface area contributed by atoms with Crippen molar-refractivity contribution < 1.29 is 28.6 Å². The van der Waals surface area contributed by atoms with Gasteiger partial charge in [0.05, 0.1) is 0 Å². The maximum absolute atomic E-state index is 12.8. The molecule has 0 radical (unpaired) electrons. The Kier molecular flexibility index (Phi) is 51.9. The summed E-state index contributed by atoms with van der Waals surface area (Å²) in [5.74, 6) is -1.01. The molecule has 0 aliphatic heterocycles. The molecule has 0 aliphatic rings. The van der Waals surface area contributed by atoms with E-state index >= 15 is 0 Å². The molecule has 0 saturated carbocycles. The summed E-state index contributed by atoms with van der Waals surface area (Å²) in [5, 5.41) is 0. The van der Waals surface area contributed by atoms with Crippen LogP contribution in [0.15, 0.2) is 97.2 Å². The van der Waals surface area contributed by atoms with Gasteiger partial charge in [0.15, 0.2) is 6.10 Å². The molecule has 0 saturated heterocycles. The minimum absolute atomic E-state index is 0.109. The summed E-state index contributed by atoms with van der Waals surface area (Å²) in [6, 6.07) is 0. The first-order valence-corrected chi connectivity index (χ1v) is 27.7. The lowest BCUT2D eigenvalue weighted by Crippen LogP contribution is -2.30. The van der Waals surface area contributed by atoms with Crippen molar-refractivity contribution in [3.8, 4) is 0 Å². The van der Waals surface area contributed by atoms with E-state index in [1.165, 1.54) is 116 Å². The van der Waals surface area contributed by atoms with E-state index in [-0.39, 0.29) is 37.5 Å². The highest BCUT2D eigenvalue weighted by Gasteiger charge is 2.19. The highest BCUT2D eigenvalue weighted by molar-refractivity contribution is 5.71. The highest BCUT2D eigenvalue weighted by Crippen LogP contribution is 2.14. The largest absolute Gasteiger partial charge is 0.462 e. The summed E-state index contributed by atoms with van der Waals surface area (Å²) < 4.78 is 16.8. The van der Waals surface area contributed by atoms with Crippen LogP contribution >= 0.6 is 0 Å². The van der Waals surface area contributed by atoms with E-state index in [2.05, 4.69) is 106 Å². The quantitative estimate of drug-likeness (QED) is 0.0262. The third-order valence-electron chi connectivity index (χ3n) is 11.6. The van der Waals surface area contributed by atoms with Crippen molar-refractivity contribution in [1.82, 2.24) is 0 Å². The molecule has 0 N–H and O–H groups in total. The topological polar surface area (TPSA) is 78.9 Å². The first-order valence-electron chi connectivity index (χ1n) is 27.7. The monoisotopic (exact) mass is 931 g/mol. The molecular formula is C61H102O6. The molecule has 1 atom stereocenters. The van der Waals surface area contributed by atoms with Crippen LogP contribution in [0.4, 0.5) is 0 Å². The second-order valence-electron chi connectivity index (χ2n) is 18.1. The summed E-state index contributed by atoms with van der Waals surface area (Å²) in [6.07, 6.45) is 72.6. The lowest BCUT2D eigenvalue weighted by molar-refractivity contribution is -0.166. The summed E-state index contributed by atoms with van der Waals surface area (Å²) in [5.41, 5.74) is 0. The van der Waals surface area contributed by atoms with Crippen LogP contribution < -0.4 is 0 Å². The van der Waals surface area contributed by atoms with Crippen LogP contribution in [0.3, 0.4) is 0 Å². The van der Waals surface area contributed by atoms with Gasteiger partial charge in [-0.3, -0.25) is 14.4 Å². The smallest absolute Gasteiger partial charge is 0.306 e. The fourth-order valence-electron chi connectivity index (χ4n) is 7.40. The number of carbonyl (C=O) groups is 3. The van der Waals surface area contributed by atoms with Crippen LogP contribution in [-0.4, -0.2) is 37.2 Å². The number of hydrogen-bond acceptors (Lipinski definition) is 6. The molecule has 0 rings (SSSR count). The van der Waals surface area contributed by atoms with Crippen molar-refractivity contribution in [2.45, 2.75) is 258 Å². The second kappa shape index (κ2) is 54.9. The Morgan fingerprint density at radius 3 is 1.04 bits per heavy atom. The second-order valence-corrected chi connectivity index (χ2v) is 18.1. The van der Waals surface area contributed by atoms with Gasteiger partial charge >= 0.3 is 17.9 Å². The molecule has 382 valence electrons. The Morgan fingerprint density at radius 1 is 0.313 bits per heavy atom. The molecule has 1 unspecified atom stereocenters. The predicted molar refractivity (Wildman–Crippen MR) is 288 cm³/mol. The average molecular weight is 931 g/mol. The molecule has 0 bridgehead atoms. The number of unbranched alkanes of at least 4 members (excludes halogenated alkanes) is 22. The van der Waals surface area contributed by atoms with Gasteiger partial charge in [0.1, 0.15) is 13.2 Å². The van der Waals surface area contributed by atoms with Crippen LogP contribution in [-0.2, 0) is 28.6 Å². The van der Waals surface area contributed by atoms with E-state index in [9.17, 15) is 14.4 Å². The van der Waals surface area contributed by atoms with Gasteiger partial charge in [-0.05, 0) is 109 Å². The van der Waals surface area contributed by atoms with Gasteiger partial charge in [-0.25, -0.2) is 0 Å². The molecule has 0 aromatic carbocycles. The highest BCUT2D eigenvalue weighted by atomic mass is 16.6. The molecule has 67 heavy (non-hydrogen) atoms. The van der Waals surface area contributed by atoms with Gasteiger partial charge in [-0.15, -0.1) is 0 Å². The number of esters is 3. The third kappa shape index (κ3) is 53.2. The minimum atomic E-state index is -0.815. The zero-order valence-corrected chi connectivity index (χ0v) is 43.6. The Balaban J connectivity index is 4.47. The zero-order valence-electron chi connectivity index (χ0n) is 43.6. The fraction of sp³-hybridized carbons (Fsp3) is 0.689. The van der Waals surface area contributed by atoms with Crippen molar-refractivity contribution in [2.75, 3.05) is 13.2 Å². The van der Waals surface area contributed by atoms with E-state index < -0.39 is 6.10 Å². The van der Waals surface area contributed by atoms with Crippen molar-refractivity contribution in [1.29, 1.82) is 0 Å². The number of carbonyl (C=O) groups excluding carboxylic acids is 3. The summed E-state index contributed by atoms with van der Waals surface area (Å²) in [6.45, 7) is 6.41. The van der Waals surface area contributed by atoms with Gasteiger partial charge < -0.3 is 14.2 Å². The normalized spacial score (nSPS) is 12.8. The minimum Gasteiger partial charge on any atom is -0.462 e. The molecule has 0 aliphatic carbocycles. The number of rotatable bonds is 49. The Morgan fingerprint density at radius 2 is 0.612 bits per heavy atom. The first kappa shape index (κ1) is 63.3. The van der Waals surface area contributed by atoms with Crippen LogP contribution in [0, 0.1) is 0 Å². The Labute approximate surface area is 413 Å². The molecule has 0 fully saturated rings. The molecule has 6 nitrogen and oxygen atoms in total. The van der Waals surface area contributed by atoms with Crippen molar-refractivity contribution in [3.63, 3.8) is 0 Å². The molecule has 0 heterocycles. The van der Waals surface area contributed by atoms with E-state index in [0.717, 1.165) is 89.9 Å². The zero-order chi connectivity index (χ0) is 48.6. The lowest BCUT2D eigenvalue weighted by Gasteiger charge is -2.18. The van der Waals surface area contributed by atoms with Gasteiger partial charge in [-0.1, -0.05) is 221 Å². The van der Waals surface area contributed by atoms with Crippen molar-refractivity contribution in [3.05, 3.63) is 97.2 Å². The SMILES string of the molecule is CC/C=C\C/C=C\C/C=C\C/C=C\CCC(=O)OCC(COC(=O)CCCCCCCC/C=C\C/C=C\C/C=C\CCCCC)OC(=O)CCCCCCCCC/C=C\CCCCCCCC. The number of hydrogen-bond donors (Lipinski definition) is 0. The summed E-state index contributed by atoms with van der Waals surface area (Å²) in [7, 11) is 0. The molecule has 6 heteroatoms. The Bertz CT molecular complexity index is 1350. The summed E-state index contributed by atoms with van der Waals surface area (Å²) in [4.78, 5) is 38.1. The van der Waals surface area contributed by atoms with Crippen molar-refractivity contribution in [2.24, 2.45) is 0 Å². The first-order chi connectivity index (χ1) is 33.0. The predicted octanol–water partition coefficient (Wildman–Crippen LogP) is 18.5. The van der Waals surface area contributed by atoms with Gasteiger partial charge in [0.2, 0.25) is 0 Å². The number of allylic oxidation sites excluding steroid dienone is 16. The Hall–Kier alpha value is -3.67. The fourth-order valence-corrected chi connectivity index (χ4v) is 7.40. The van der Waals surface area contributed by atoms with E-state index in [0.29, 0.717) is 19.3 Å². The molecule has 0 spiro atoms. The van der Waals surface area contributed by atoms with Crippen LogP contribution in [0.1, 0.15) is 252 Å². The van der Waals surface area contributed by atoms with Gasteiger partial charge in [0, 0.05) is 19.3 Å². The number of ether oxygens (including phenoxy) is 3. The molecule has 0 aromatic heterocycles. The maximum atomic E-state index is 12.8. The van der Waals surface area contributed by atoms with E-state index in [1.54, 1.807) is 0 Å². The third-order valence-corrected chi connectivity index (χ3v) is 11.6. The van der Waals surface area contributed by atoms with Gasteiger partial charge in [0.25, 0.3) is 0 Å². The standard InChI is InChI=1S/C61H102O6/c1-4-7-10-13-16-19-22-25-27-29-30-32-33-36-39-42-45-48-51-54-60(63)66-57-58(56-65-59(62)53-50-47-44-41-38-35-24-21-18-15-12-9-6-3)67-61(64)55-52-49-46-43-40-37-34-31-28-26-23-20-17-14-11-8-5-2/h9,12,16,18-19,21,25-28,30,32,35,38,44,47,58H,4-8,10-11,13-15,17,20,22-24,29,31,33-34,36-37,39-43,45-46,48-57H2,1-3H3/b12-9-,19-16-,21-18-,27-25-,28-26-,32-30-,38-35-,47-44-. The van der Waals surface area contributed by atoms with Crippen LogP contribution in [0.25, 0.3) is 0 Å². The lowest BCUT2D eigenvalue weighted by atomic mass is 10.1. The van der Waals surface area contributed by atoms with Gasteiger partial charge in [-0.2, -0.15) is 0 Å². The molecular weight excluding hydrogens is 829 g/mol. The van der Waals surface area contributed by atoms with Crippen molar-refractivity contribution >= 4 is 17.9 Å². The average Bonchev–Trinajstić information content (AvgIpc) is 3.33. The van der Waals surface area contributed by atoms with Crippen LogP contribution in [0.2, 0.25) is 0 Å². The summed E-state index contributed by atoms with van der Waals surface area (Å²) >= 11 is 0. The molecule has 0 aromatic rings. The maximum Gasteiger partial charge on any atom is 0.306 e. The molecule has 0 amide bonds.